The molecule has 0 aliphatic carbocycles. The number of ether oxygens (including phenoxy) is 1. The quantitative estimate of drug-likeness (QED) is 0.369. The maximum absolute atomic E-state index is 13.0. The van der Waals surface area contributed by atoms with E-state index in [1.165, 1.54) is 12.1 Å². The average molecular weight is 374 g/mol. The Kier molecular flexibility index (Phi) is 5.03. The topological polar surface area (TPSA) is 67.8 Å². The Bertz CT molecular complexity index is 695. The van der Waals surface area contributed by atoms with Gasteiger partial charge in [-0.25, -0.2) is 4.39 Å². The highest BCUT2D eigenvalue weighted by Crippen LogP contribution is 2.25. The standard InChI is InChI=1S/C14H11BrClFN2O2/c15-12-5-9(17)2-1-8(12)7-21-10-3-4-11(13(16)6-10)14(18)19-20/h1-6,20H,7H2,(H2,18,19). The van der Waals surface area contributed by atoms with E-state index in [1.54, 1.807) is 24.3 Å². The van der Waals surface area contributed by atoms with E-state index in [0.29, 0.717) is 20.8 Å². The van der Waals surface area contributed by atoms with Crippen molar-refractivity contribution in [1.29, 1.82) is 0 Å². The number of nitrogens with zero attached hydrogens (tertiary/aromatic N) is 1. The van der Waals surface area contributed by atoms with Gasteiger partial charge in [-0.1, -0.05) is 38.8 Å². The second-order valence-electron chi connectivity index (χ2n) is 4.15. The molecule has 21 heavy (non-hydrogen) atoms. The van der Waals surface area contributed by atoms with Crippen LogP contribution in [0.2, 0.25) is 5.02 Å². The lowest BCUT2D eigenvalue weighted by molar-refractivity contribution is 0.305. The van der Waals surface area contributed by atoms with Crippen molar-refractivity contribution in [3.05, 3.63) is 62.8 Å². The number of hydrogen-bond donors (Lipinski definition) is 2. The van der Waals surface area contributed by atoms with Gasteiger partial charge in [0.15, 0.2) is 5.84 Å². The molecular formula is C14H11BrClFN2O2. The largest absolute Gasteiger partial charge is 0.489 e. The highest BCUT2D eigenvalue weighted by Gasteiger charge is 2.08. The minimum atomic E-state index is -0.322. The molecule has 0 atom stereocenters. The van der Waals surface area contributed by atoms with Gasteiger partial charge in [0.05, 0.1) is 5.02 Å². The highest BCUT2D eigenvalue weighted by molar-refractivity contribution is 9.10. The van der Waals surface area contributed by atoms with Gasteiger partial charge >= 0.3 is 0 Å². The zero-order valence-electron chi connectivity index (χ0n) is 10.7. The molecule has 2 aromatic rings. The summed E-state index contributed by atoms with van der Waals surface area (Å²) < 4.78 is 19.2. The smallest absolute Gasteiger partial charge is 0.171 e. The van der Waals surface area contributed by atoms with Gasteiger partial charge in [-0.15, -0.1) is 0 Å². The van der Waals surface area contributed by atoms with E-state index in [0.717, 1.165) is 5.56 Å². The third-order valence-corrected chi connectivity index (χ3v) is 3.78. The van der Waals surface area contributed by atoms with Crippen LogP contribution in [0.3, 0.4) is 0 Å². The molecule has 2 rings (SSSR count). The molecule has 0 radical (unpaired) electrons. The molecule has 0 aliphatic heterocycles. The number of rotatable bonds is 4. The van der Waals surface area contributed by atoms with Crippen LogP contribution in [0.15, 0.2) is 46.0 Å². The second kappa shape index (κ2) is 6.78. The van der Waals surface area contributed by atoms with Crippen LogP contribution in [0, 0.1) is 5.82 Å². The molecule has 0 bridgehead atoms. The summed E-state index contributed by atoms with van der Waals surface area (Å²) in [6.07, 6.45) is 0. The Balaban J connectivity index is 2.12. The van der Waals surface area contributed by atoms with Crippen LogP contribution in [-0.2, 0) is 6.61 Å². The van der Waals surface area contributed by atoms with E-state index < -0.39 is 0 Å². The molecule has 0 aromatic heterocycles. The van der Waals surface area contributed by atoms with Crippen LogP contribution < -0.4 is 10.5 Å². The molecule has 0 amide bonds. The average Bonchev–Trinajstić information content (AvgIpc) is 2.45. The molecule has 0 unspecified atom stereocenters. The SMILES string of the molecule is N/C(=N/O)c1ccc(OCc2ccc(F)cc2Br)cc1Cl. The fourth-order valence-electron chi connectivity index (χ4n) is 1.65. The summed E-state index contributed by atoms with van der Waals surface area (Å²) in [4.78, 5) is 0. The Hall–Kier alpha value is -1.79. The summed E-state index contributed by atoms with van der Waals surface area (Å²) >= 11 is 9.30. The lowest BCUT2D eigenvalue weighted by atomic mass is 10.2. The first-order valence-corrected chi connectivity index (χ1v) is 7.02. The third kappa shape index (κ3) is 3.86. The number of oxime groups is 1. The Morgan fingerprint density at radius 1 is 1.33 bits per heavy atom. The van der Waals surface area contributed by atoms with E-state index >= 15 is 0 Å². The highest BCUT2D eigenvalue weighted by atomic mass is 79.9. The summed E-state index contributed by atoms with van der Waals surface area (Å²) in [6.45, 7) is 0.250. The van der Waals surface area contributed by atoms with Crippen molar-refractivity contribution in [2.45, 2.75) is 6.61 Å². The van der Waals surface area contributed by atoms with Crippen molar-refractivity contribution in [2.24, 2.45) is 10.9 Å². The second-order valence-corrected chi connectivity index (χ2v) is 5.41. The number of hydrogen-bond acceptors (Lipinski definition) is 3. The number of halogens is 3. The molecule has 110 valence electrons. The fraction of sp³-hybridized carbons (Fsp3) is 0.0714. The summed E-state index contributed by atoms with van der Waals surface area (Å²) in [5.74, 6) is 0.121. The Morgan fingerprint density at radius 2 is 2.10 bits per heavy atom. The summed E-state index contributed by atoms with van der Waals surface area (Å²) in [7, 11) is 0. The van der Waals surface area contributed by atoms with Crippen molar-refractivity contribution < 1.29 is 14.3 Å². The summed E-state index contributed by atoms with van der Waals surface area (Å²) in [5, 5.41) is 11.8. The molecular weight excluding hydrogens is 363 g/mol. The van der Waals surface area contributed by atoms with Crippen molar-refractivity contribution in [3.63, 3.8) is 0 Å². The molecule has 0 spiro atoms. The van der Waals surface area contributed by atoms with Gasteiger partial charge in [0, 0.05) is 15.6 Å². The monoisotopic (exact) mass is 372 g/mol. The van der Waals surface area contributed by atoms with Gasteiger partial charge in [0.1, 0.15) is 18.2 Å². The molecule has 0 fully saturated rings. The number of amidine groups is 1. The predicted octanol–water partition coefficient (Wildman–Crippen LogP) is 3.92. The Morgan fingerprint density at radius 3 is 2.71 bits per heavy atom. The Labute approximate surface area is 134 Å². The van der Waals surface area contributed by atoms with E-state index in [1.807, 2.05) is 0 Å². The van der Waals surface area contributed by atoms with Crippen LogP contribution >= 0.6 is 27.5 Å². The third-order valence-electron chi connectivity index (χ3n) is 2.73. The van der Waals surface area contributed by atoms with Crippen LogP contribution in [0.4, 0.5) is 4.39 Å². The van der Waals surface area contributed by atoms with E-state index in [2.05, 4.69) is 21.1 Å². The van der Waals surface area contributed by atoms with Crippen molar-refractivity contribution in [3.8, 4) is 5.75 Å². The van der Waals surface area contributed by atoms with Crippen molar-refractivity contribution >= 4 is 33.4 Å². The van der Waals surface area contributed by atoms with Crippen LogP contribution in [0.25, 0.3) is 0 Å². The lowest BCUT2D eigenvalue weighted by Crippen LogP contribution is -2.13. The van der Waals surface area contributed by atoms with Gasteiger partial charge in [0.2, 0.25) is 0 Å². The minimum absolute atomic E-state index is 0.0761. The first kappa shape index (κ1) is 15.6. The fourth-order valence-corrected chi connectivity index (χ4v) is 2.38. The summed E-state index contributed by atoms with van der Waals surface area (Å²) in [5.41, 5.74) is 6.69. The zero-order chi connectivity index (χ0) is 15.4. The minimum Gasteiger partial charge on any atom is -0.489 e. The van der Waals surface area contributed by atoms with Gasteiger partial charge in [-0.05, 0) is 30.3 Å². The van der Waals surface area contributed by atoms with Crippen LogP contribution in [-0.4, -0.2) is 11.0 Å². The van der Waals surface area contributed by atoms with Gasteiger partial charge in [0.25, 0.3) is 0 Å². The van der Waals surface area contributed by atoms with Gasteiger partial charge < -0.3 is 15.7 Å². The van der Waals surface area contributed by atoms with Crippen LogP contribution in [0.5, 0.6) is 5.75 Å². The molecule has 4 nitrogen and oxygen atoms in total. The first-order chi connectivity index (χ1) is 10.0. The number of benzene rings is 2. The maximum Gasteiger partial charge on any atom is 0.171 e. The van der Waals surface area contributed by atoms with Crippen molar-refractivity contribution in [2.75, 3.05) is 0 Å². The molecule has 7 heteroatoms. The molecule has 3 N–H and O–H groups in total. The van der Waals surface area contributed by atoms with E-state index in [9.17, 15) is 4.39 Å². The first-order valence-electron chi connectivity index (χ1n) is 5.85. The lowest BCUT2D eigenvalue weighted by Gasteiger charge is -2.10. The van der Waals surface area contributed by atoms with Crippen molar-refractivity contribution in [1.82, 2.24) is 0 Å². The summed E-state index contributed by atoms with van der Waals surface area (Å²) in [6, 6.07) is 9.16. The van der Waals surface area contributed by atoms with E-state index in [4.69, 9.17) is 27.3 Å². The van der Waals surface area contributed by atoms with Gasteiger partial charge in [-0.3, -0.25) is 0 Å². The molecule has 0 saturated heterocycles. The van der Waals surface area contributed by atoms with Gasteiger partial charge in [-0.2, -0.15) is 0 Å². The predicted molar refractivity (Wildman–Crippen MR) is 82.4 cm³/mol. The van der Waals surface area contributed by atoms with Crippen LogP contribution in [0.1, 0.15) is 11.1 Å². The molecule has 0 aliphatic rings. The maximum atomic E-state index is 13.0. The number of nitrogens with two attached hydrogens (primary N) is 1. The molecule has 0 saturated carbocycles. The molecule has 0 heterocycles. The zero-order valence-corrected chi connectivity index (χ0v) is 13.0. The normalized spacial score (nSPS) is 11.5. The van der Waals surface area contributed by atoms with E-state index in [-0.39, 0.29) is 18.3 Å². The molecule has 2 aromatic carbocycles.